The number of nitrogen functional groups attached to an aromatic ring is 1. The first-order valence-electron chi connectivity index (χ1n) is 14.8. The number of nitrogens with one attached hydrogen (secondary N) is 1. The number of piperazine rings is 1. The molecule has 4 heterocycles. The molecule has 0 aliphatic carbocycles. The standard InChI is InChI=1S/C33H32Cl4FN7O2/c1-7-21(46)44-16(5)12-43(13-17(44)6)31-18-10-20(34)29(22-23(35)26(38)25(37)27(40)24(22)36)42-32(18)45(33(47)19(31)11-39)30-15(4)8-9-41-28(30)14(2)3/h7-10,14,16-17,28,41H,1,12-13,40H2,2-6H3/t16-,17+,28-/m1/s1. The monoisotopic (exact) mass is 717 g/mol. The number of amides is 1. The van der Waals surface area contributed by atoms with E-state index >= 15 is 4.39 Å². The highest BCUT2D eigenvalue weighted by Crippen LogP contribution is 2.47. The van der Waals surface area contributed by atoms with Crippen LogP contribution < -0.4 is 21.5 Å². The quantitative estimate of drug-likeness (QED) is 0.123. The fourth-order valence-electron chi connectivity index (χ4n) is 6.51. The maximum atomic E-state index is 15.2. The Kier molecular flexibility index (Phi) is 9.59. The molecule has 3 N–H and O–H groups in total. The summed E-state index contributed by atoms with van der Waals surface area (Å²) in [6.07, 6.45) is 4.89. The zero-order valence-corrected chi connectivity index (χ0v) is 29.3. The van der Waals surface area contributed by atoms with E-state index in [0.717, 1.165) is 5.57 Å². The summed E-state index contributed by atoms with van der Waals surface area (Å²) in [4.78, 5) is 35.8. The van der Waals surface area contributed by atoms with Crippen molar-refractivity contribution < 1.29 is 9.18 Å². The molecule has 2 aromatic heterocycles. The summed E-state index contributed by atoms with van der Waals surface area (Å²) < 4.78 is 16.6. The average Bonchev–Trinajstić information content (AvgIpc) is 3.02. The number of hydrogen-bond acceptors (Lipinski definition) is 7. The molecule has 2 aliphatic heterocycles. The predicted molar refractivity (Wildman–Crippen MR) is 189 cm³/mol. The van der Waals surface area contributed by atoms with Gasteiger partial charge in [-0.1, -0.05) is 66.8 Å². The number of hydrogen-bond donors (Lipinski definition) is 2. The van der Waals surface area contributed by atoms with Crippen molar-refractivity contribution in [1.82, 2.24) is 19.8 Å². The Morgan fingerprint density at radius 3 is 2.40 bits per heavy atom. The van der Waals surface area contributed by atoms with Crippen molar-refractivity contribution in [2.45, 2.75) is 52.7 Å². The van der Waals surface area contributed by atoms with E-state index < -0.39 is 21.4 Å². The topological polar surface area (TPSA) is 120 Å². The summed E-state index contributed by atoms with van der Waals surface area (Å²) >= 11 is 26.0. The number of allylic oxidation sites excluding steroid dienone is 2. The van der Waals surface area contributed by atoms with Crippen LogP contribution in [0, 0.1) is 23.1 Å². The number of nitriles is 1. The molecule has 9 nitrogen and oxygen atoms in total. The lowest BCUT2D eigenvalue weighted by atomic mass is 9.94. The number of carbonyl (C=O) groups excluding carboxylic acids is 1. The van der Waals surface area contributed by atoms with Crippen LogP contribution in [0.5, 0.6) is 0 Å². The van der Waals surface area contributed by atoms with Crippen molar-refractivity contribution in [3.05, 3.63) is 78.4 Å². The Bertz CT molecular complexity index is 1980. The number of pyridine rings is 2. The van der Waals surface area contributed by atoms with Crippen molar-refractivity contribution in [1.29, 1.82) is 5.26 Å². The number of benzene rings is 1. The Hall–Kier alpha value is -3.75. The molecule has 14 heteroatoms. The maximum absolute atomic E-state index is 15.2. The van der Waals surface area contributed by atoms with E-state index in [4.69, 9.17) is 57.1 Å². The zero-order chi connectivity index (χ0) is 34.6. The van der Waals surface area contributed by atoms with E-state index in [1.54, 1.807) is 17.2 Å². The summed E-state index contributed by atoms with van der Waals surface area (Å²) in [5.41, 5.74) is 6.68. The van der Waals surface area contributed by atoms with Crippen molar-refractivity contribution in [2.75, 3.05) is 23.7 Å². The van der Waals surface area contributed by atoms with Crippen LogP contribution in [-0.2, 0) is 4.79 Å². The van der Waals surface area contributed by atoms with Gasteiger partial charge in [0.2, 0.25) is 5.91 Å². The van der Waals surface area contributed by atoms with Crippen LogP contribution in [-0.4, -0.2) is 51.6 Å². The van der Waals surface area contributed by atoms with Gasteiger partial charge in [0, 0.05) is 36.1 Å². The third kappa shape index (κ3) is 5.63. The molecule has 3 atom stereocenters. The number of nitrogens with two attached hydrogens (primary N) is 1. The summed E-state index contributed by atoms with van der Waals surface area (Å²) in [5, 5.41) is 13.2. The van der Waals surface area contributed by atoms with Gasteiger partial charge in [-0.15, -0.1) is 0 Å². The van der Waals surface area contributed by atoms with E-state index in [2.05, 4.69) is 18.0 Å². The molecule has 0 unspecified atom stereocenters. The van der Waals surface area contributed by atoms with Crippen LogP contribution in [0.2, 0.25) is 20.1 Å². The van der Waals surface area contributed by atoms with E-state index in [0.29, 0.717) is 29.9 Å². The second kappa shape index (κ2) is 13.0. The van der Waals surface area contributed by atoms with Crippen molar-refractivity contribution in [3.8, 4) is 17.3 Å². The smallest absolute Gasteiger partial charge is 0.276 e. The largest absolute Gasteiger partial charge is 0.396 e. The molecular formula is C33H32Cl4FN7O2. The molecule has 1 saturated heterocycles. The van der Waals surface area contributed by atoms with Gasteiger partial charge in [0.25, 0.3) is 5.56 Å². The second-order valence-corrected chi connectivity index (χ2v) is 13.6. The summed E-state index contributed by atoms with van der Waals surface area (Å²) in [6, 6.07) is 2.77. The van der Waals surface area contributed by atoms with Gasteiger partial charge in [0.1, 0.15) is 22.3 Å². The minimum Gasteiger partial charge on any atom is -0.396 e. The van der Waals surface area contributed by atoms with E-state index in [1.807, 2.05) is 45.6 Å². The fraction of sp³-hybridized carbons (Fsp3) is 0.333. The van der Waals surface area contributed by atoms with Gasteiger partial charge < -0.3 is 20.9 Å². The Morgan fingerprint density at radius 2 is 1.83 bits per heavy atom. The lowest BCUT2D eigenvalue weighted by Gasteiger charge is -2.45. The Morgan fingerprint density at radius 1 is 1.19 bits per heavy atom. The zero-order valence-electron chi connectivity index (χ0n) is 26.3. The number of aromatic nitrogens is 2. The van der Waals surface area contributed by atoms with Crippen LogP contribution in [0.4, 0.5) is 15.8 Å². The van der Waals surface area contributed by atoms with Gasteiger partial charge in [-0.05, 0) is 56.7 Å². The molecule has 0 spiro atoms. The predicted octanol–water partition coefficient (Wildman–Crippen LogP) is 7.25. The van der Waals surface area contributed by atoms with Gasteiger partial charge in [-0.25, -0.2) is 9.37 Å². The minimum atomic E-state index is -1.00. The van der Waals surface area contributed by atoms with E-state index in [-0.39, 0.29) is 68.2 Å². The lowest BCUT2D eigenvalue weighted by molar-refractivity contribution is -0.130. The molecule has 0 bridgehead atoms. The molecule has 1 fully saturated rings. The first-order valence-corrected chi connectivity index (χ1v) is 16.3. The fourth-order valence-corrected chi connectivity index (χ4v) is 7.65. The molecule has 5 rings (SSSR count). The average molecular weight is 719 g/mol. The number of carbonyl (C=O) groups is 1. The summed E-state index contributed by atoms with van der Waals surface area (Å²) in [7, 11) is 0. The summed E-state index contributed by atoms with van der Waals surface area (Å²) in [5.74, 6) is -1.21. The highest BCUT2D eigenvalue weighted by Gasteiger charge is 2.36. The highest BCUT2D eigenvalue weighted by molar-refractivity contribution is 6.46. The Balaban J connectivity index is 1.92. The van der Waals surface area contributed by atoms with Crippen LogP contribution in [0.25, 0.3) is 28.0 Å². The van der Waals surface area contributed by atoms with Crippen LogP contribution >= 0.6 is 46.4 Å². The SMILES string of the molecule is C=CC(=O)N1[C@H](C)CN(c2c(C#N)c(=O)n(C3=C(C)C=CN[C@@H]3C(C)C)c3nc(-c4c(Cl)c(N)c(Cl)c(F)c4Cl)c(Cl)cc23)C[C@@H]1C. The third-order valence-corrected chi connectivity index (χ3v) is 10.0. The van der Waals surface area contributed by atoms with Gasteiger partial charge in [0.15, 0.2) is 5.82 Å². The van der Waals surface area contributed by atoms with Gasteiger partial charge in [0.05, 0.1) is 43.9 Å². The number of nitrogens with zero attached hydrogens (tertiary/aromatic N) is 5. The van der Waals surface area contributed by atoms with Crippen LogP contribution in [0.1, 0.15) is 40.2 Å². The first-order chi connectivity index (χ1) is 22.2. The molecule has 246 valence electrons. The van der Waals surface area contributed by atoms with Gasteiger partial charge in [-0.2, -0.15) is 5.26 Å². The number of halogens is 5. The third-order valence-electron chi connectivity index (χ3n) is 8.60. The number of fused-ring (bicyclic) bond motifs is 1. The van der Waals surface area contributed by atoms with Crippen LogP contribution in [0.15, 0.2) is 41.4 Å². The normalized spacial score (nSPS) is 19.7. The first kappa shape index (κ1) is 34.6. The van der Waals surface area contributed by atoms with Gasteiger partial charge >= 0.3 is 0 Å². The van der Waals surface area contributed by atoms with Gasteiger partial charge in [-0.3, -0.25) is 14.2 Å². The van der Waals surface area contributed by atoms with Crippen LogP contribution in [0.3, 0.4) is 0 Å². The minimum absolute atomic E-state index is 0.00658. The second-order valence-electron chi connectivity index (χ2n) is 12.1. The Labute approximate surface area is 291 Å². The summed E-state index contributed by atoms with van der Waals surface area (Å²) in [6.45, 7) is 13.8. The molecular weight excluding hydrogens is 687 g/mol. The number of dihydropyridines is 1. The molecule has 0 saturated carbocycles. The lowest BCUT2D eigenvalue weighted by Crippen LogP contribution is -2.58. The number of rotatable bonds is 5. The number of anilines is 2. The molecule has 2 aliphatic rings. The maximum Gasteiger partial charge on any atom is 0.276 e. The van der Waals surface area contributed by atoms with E-state index in [9.17, 15) is 14.9 Å². The van der Waals surface area contributed by atoms with Crippen molar-refractivity contribution in [3.63, 3.8) is 0 Å². The molecule has 1 amide bonds. The molecule has 0 radical (unpaired) electrons. The molecule has 3 aromatic rings. The van der Waals surface area contributed by atoms with E-state index in [1.165, 1.54) is 10.6 Å². The molecule has 1 aromatic carbocycles. The van der Waals surface area contributed by atoms with Crippen molar-refractivity contribution >= 4 is 80.4 Å². The van der Waals surface area contributed by atoms with Crippen molar-refractivity contribution in [2.24, 2.45) is 5.92 Å². The molecule has 47 heavy (non-hydrogen) atoms. The highest BCUT2D eigenvalue weighted by atomic mass is 35.5.